The van der Waals surface area contributed by atoms with Gasteiger partial charge >= 0.3 is 0 Å². The highest BCUT2D eigenvalue weighted by atomic mass is 35.5. The van der Waals surface area contributed by atoms with Gasteiger partial charge in [-0.1, -0.05) is 32.0 Å². The van der Waals surface area contributed by atoms with E-state index in [9.17, 15) is 0 Å². The molecule has 0 saturated carbocycles. The number of para-hydroxylation sites is 1. The van der Waals surface area contributed by atoms with Crippen LogP contribution < -0.4 is 11.1 Å². The fourth-order valence-corrected chi connectivity index (χ4v) is 2.28. The van der Waals surface area contributed by atoms with E-state index in [0.29, 0.717) is 6.54 Å². The first kappa shape index (κ1) is 19.8. The lowest BCUT2D eigenvalue weighted by molar-refractivity contribution is 0.590. The third-order valence-electron chi connectivity index (χ3n) is 3.18. The van der Waals surface area contributed by atoms with Crippen LogP contribution in [0.1, 0.15) is 25.2 Å². The van der Waals surface area contributed by atoms with Gasteiger partial charge in [-0.2, -0.15) is 5.10 Å². The lowest BCUT2D eigenvalue weighted by Crippen LogP contribution is -2.13. The van der Waals surface area contributed by atoms with Crippen LogP contribution in [0.3, 0.4) is 0 Å². The van der Waals surface area contributed by atoms with Crippen LogP contribution in [-0.2, 0) is 19.4 Å². The summed E-state index contributed by atoms with van der Waals surface area (Å²) in [7, 11) is 0. The van der Waals surface area contributed by atoms with E-state index in [4.69, 9.17) is 5.73 Å². The number of aryl methyl sites for hydroxylation is 1. The maximum absolute atomic E-state index is 5.66. The maximum atomic E-state index is 5.66. The van der Waals surface area contributed by atoms with Gasteiger partial charge in [0.2, 0.25) is 0 Å². The van der Waals surface area contributed by atoms with Crippen LogP contribution in [0.5, 0.6) is 0 Å². The van der Waals surface area contributed by atoms with Crippen molar-refractivity contribution < 1.29 is 0 Å². The minimum atomic E-state index is 0. The molecule has 2 aromatic rings. The molecule has 21 heavy (non-hydrogen) atoms. The predicted octanol–water partition coefficient (Wildman–Crippen LogP) is 3.55. The van der Waals surface area contributed by atoms with Crippen molar-refractivity contribution in [2.75, 3.05) is 11.9 Å². The van der Waals surface area contributed by atoms with E-state index in [-0.39, 0.29) is 24.8 Å². The number of benzene rings is 1. The van der Waals surface area contributed by atoms with Crippen LogP contribution in [0.25, 0.3) is 0 Å². The summed E-state index contributed by atoms with van der Waals surface area (Å²) in [6, 6.07) is 10.2. The van der Waals surface area contributed by atoms with Gasteiger partial charge in [0.15, 0.2) is 0 Å². The number of halogens is 2. The molecule has 0 atom stereocenters. The van der Waals surface area contributed by atoms with Crippen LogP contribution in [0.2, 0.25) is 0 Å². The molecule has 0 radical (unpaired) electrons. The Hall–Kier alpha value is -1.23. The first-order chi connectivity index (χ1) is 9.30. The second-order valence-electron chi connectivity index (χ2n) is 4.48. The third kappa shape index (κ3) is 4.63. The average Bonchev–Trinajstić information content (AvgIpc) is 2.77. The molecule has 0 saturated heterocycles. The van der Waals surface area contributed by atoms with Crippen LogP contribution in [0.15, 0.2) is 30.3 Å². The van der Waals surface area contributed by atoms with Gasteiger partial charge in [0, 0.05) is 12.2 Å². The summed E-state index contributed by atoms with van der Waals surface area (Å²) in [4.78, 5) is 0. The molecule has 2 rings (SSSR count). The number of hydrogen-bond acceptors (Lipinski definition) is 3. The zero-order valence-electron chi connectivity index (χ0n) is 12.5. The number of anilines is 2. The topological polar surface area (TPSA) is 55.9 Å². The van der Waals surface area contributed by atoms with Crippen LogP contribution >= 0.6 is 24.8 Å². The molecule has 0 fully saturated rings. The molecular weight excluding hydrogens is 307 g/mol. The Morgan fingerprint density at radius 3 is 2.29 bits per heavy atom. The predicted molar refractivity (Wildman–Crippen MR) is 94.3 cm³/mol. The second kappa shape index (κ2) is 9.66. The zero-order valence-corrected chi connectivity index (χ0v) is 14.1. The first-order valence-corrected chi connectivity index (χ1v) is 6.90. The van der Waals surface area contributed by atoms with Crippen molar-refractivity contribution in [3.8, 4) is 0 Å². The highest BCUT2D eigenvalue weighted by molar-refractivity contribution is 5.85. The Kier molecular flexibility index (Phi) is 9.09. The van der Waals surface area contributed by atoms with Crippen molar-refractivity contribution in [1.29, 1.82) is 0 Å². The van der Waals surface area contributed by atoms with Crippen molar-refractivity contribution >= 4 is 36.2 Å². The van der Waals surface area contributed by atoms with E-state index >= 15 is 0 Å². The molecule has 6 heteroatoms. The SMILES string of the molecule is CCc1nn(CCN)c(CC)c1Nc1ccccc1.Cl.Cl. The lowest BCUT2D eigenvalue weighted by atomic mass is 10.2. The number of nitrogens with one attached hydrogen (secondary N) is 1. The van der Waals surface area contributed by atoms with E-state index in [0.717, 1.165) is 36.5 Å². The standard InChI is InChI=1S/C15H22N4.2ClH/c1-3-13-15(17-12-8-6-5-7-9-12)14(4-2)19(18-13)11-10-16;;/h5-9,17H,3-4,10-11,16H2,1-2H3;2*1H. The van der Waals surface area contributed by atoms with Gasteiger partial charge in [0.05, 0.1) is 23.6 Å². The summed E-state index contributed by atoms with van der Waals surface area (Å²) in [5.74, 6) is 0. The third-order valence-corrected chi connectivity index (χ3v) is 3.18. The minimum Gasteiger partial charge on any atom is -0.353 e. The number of nitrogens with zero attached hydrogens (tertiary/aromatic N) is 2. The molecule has 0 aliphatic heterocycles. The number of hydrogen-bond donors (Lipinski definition) is 2. The summed E-state index contributed by atoms with van der Waals surface area (Å²) in [6.07, 6.45) is 1.86. The van der Waals surface area contributed by atoms with Gasteiger partial charge < -0.3 is 11.1 Å². The normalized spacial score (nSPS) is 9.67. The largest absolute Gasteiger partial charge is 0.353 e. The van der Waals surface area contributed by atoms with Gasteiger partial charge in [-0.3, -0.25) is 4.68 Å². The molecule has 0 spiro atoms. The highest BCUT2D eigenvalue weighted by Crippen LogP contribution is 2.26. The quantitative estimate of drug-likeness (QED) is 0.851. The Morgan fingerprint density at radius 1 is 1.10 bits per heavy atom. The molecule has 0 aliphatic carbocycles. The van der Waals surface area contributed by atoms with Crippen LogP contribution in [-0.4, -0.2) is 16.3 Å². The first-order valence-electron chi connectivity index (χ1n) is 6.90. The van der Waals surface area contributed by atoms with Gasteiger partial charge in [0.1, 0.15) is 0 Å². The van der Waals surface area contributed by atoms with E-state index < -0.39 is 0 Å². The smallest absolute Gasteiger partial charge is 0.0859 e. The Morgan fingerprint density at radius 2 is 1.76 bits per heavy atom. The monoisotopic (exact) mass is 330 g/mol. The zero-order chi connectivity index (χ0) is 13.7. The molecule has 3 N–H and O–H groups in total. The maximum Gasteiger partial charge on any atom is 0.0859 e. The van der Waals surface area contributed by atoms with E-state index in [1.807, 2.05) is 22.9 Å². The number of aromatic nitrogens is 2. The lowest BCUT2D eigenvalue weighted by Gasteiger charge is -2.09. The van der Waals surface area contributed by atoms with Crippen molar-refractivity contribution in [2.45, 2.75) is 33.2 Å². The van der Waals surface area contributed by atoms with Crippen molar-refractivity contribution in [3.05, 3.63) is 41.7 Å². The summed E-state index contributed by atoms with van der Waals surface area (Å²) >= 11 is 0. The van der Waals surface area contributed by atoms with Crippen molar-refractivity contribution in [2.24, 2.45) is 5.73 Å². The molecule has 0 amide bonds. The second-order valence-corrected chi connectivity index (χ2v) is 4.48. The highest BCUT2D eigenvalue weighted by Gasteiger charge is 2.15. The molecule has 0 unspecified atom stereocenters. The average molecular weight is 331 g/mol. The van der Waals surface area contributed by atoms with Gasteiger partial charge in [-0.05, 0) is 25.0 Å². The summed E-state index contributed by atoms with van der Waals surface area (Å²) < 4.78 is 2.03. The molecule has 1 heterocycles. The fraction of sp³-hybridized carbons (Fsp3) is 0.400. The van der Waals surface area contributed by atoms with Gasteiger partial charge in [0.25, 0.3) is 0 Å². The summed E-state index contributed by atoms with van der Waals surface area (Å²) in [5, 5.41) is 8.16. The Balaban J connectivity index is 0.00000200. The van der Waals surface area contributed by atoms with Crippen molar-refractivity contribution in [3.63, 3.8) is 0 Å². The summed E-state index contributed by atoms with van der Waals surface area (Å²) in [5.41, 5.74) is 10.2. The molecular formula is C15H24Cl2N4. The Bertz CT molecular complexity index is 526. The van der Waals surface area contributed by atoms with E-state index in [2.05, 4.69) is 36.4 Å². The molecule has 4 nitrogen and oxygen atoms in total. The summed E-state index contributed by atoms with van der Waals surface area (Å²) in [6.45, 7) is 5.67. The Labute approximate surface area is 138 Å². The molecule has 0 aliphatic rings. The number of nitrogens with two attached hydrogens (primary N) is 1. The van der Waals surface area contributed by atoms with Gasteiger partial charge in [-0.25, -0.2) is 0 Å². The number of rotatable bonds is 6. The van der Waals surface area contributed by atoms with Crippen LogP contribution in [0.4, 0.5) is 11.4 Å². The minimum absolute atomic E-state index is 0. The molecule has 0 bridgehead atoms. The fourth-order valence-electron chi connectivity index (χ4n) is 2.28. The molecule has 118 valence electrons. The van der Waals surface area contributed by atoms with Gasteiger partial charge in [-0.15, -0.1) is 24.8 Å². The van der Waals surface area contributed by atoms with Crippen molar-refractivity contribution in [1.82, 2.24) is 9.78 Å². The molecule has 1 aromatic heterocycles. The van der Waals surface area contributed by atoms with Crippen LogP contribution in [0, 0.1) is 0 Å². The van der Waals surface area contributed by atoms with E-state index in [1.54, 1.807) is 0 Å². The van der Waals surface area contributed by atoms with E-state index in [1.165, 1.54) is 5.69 Å². The molecule has 1 aromatic carbocycles.